The van der Waals surface area contributed by atoms with Crippen LogP contribution in [0.1, 0.15) is 16.2 Å². The first kappa shape index (κ1) is 12.1. The summed E-state index contributed by atoms with van der Waals surface area (Å²) in [6.07, 6.45) is 3.69. The van der Waals surface area contributed by atoms with Crippen molar-refractivity contribution in [2.75, 3.05) is 12.3 Å². The average Bonchev–Trinajstić information content (AvgIpc) is 2.88. The molecule has 2 rings (SSSR count). The predicted octanol–water partition coefficient (Wildman–Crippen LogP) is -0.897. The van der Waals surface area contributed by atoms with Crippen LogP contribution in [-0.4, -0.2) is 37.0 Å². The van der Waals surface area contributed by atoms with E-state index in [0.717, 1.165) is 5.82 Å². The van der Waals surface area contributed by atoms with Crippen molar-refractivity contribution in [1.29, 1.82) is 0 Å². The van der Waals surface area contributed by atoms with Crippen molar-refractivity contribution in [2.24, 2.45) is 14.1 Å². The van der Waals surface area contributed by atoms with Crippen molar-refractivity contribution in [3.63, 3.8) is 0 Å². The fraction of sp³-hybridized carbons (Fsp3) is 0.400. The molecule has 0 unspecified atom stereocenters. The van der Waals surface area contributed by atoms with Gasteiger partial charge in [-0.15, -0.1) is 10.2 Å². The molecule has 0 saturated heterocycles. The van der Waals surface area contributed by atoms with Crippen molar-refractivity contribution >= 4 is 11.7 Å². The van der Waals surface area contributed by atoms with Gasteiger partial charge in [-0.1, -0.05) is 0 Å². The Hall–Kier alpha value is -2.38. The molecule has 0 spiro atoms. The third kappa shape index (κ3) is 2.31. The molecule has 8 heteroatoms. The summed E-state index contributed by atoms with van der Waals surface area (Å²) in [4.78, 5) is 11.8. The molecular formula is C10H15N7O. The summed E-state index contributed by atoms with van der Waals surface area (Å²) in [5.74, 6) is 0.934. The highest BCUT2D eigenvalue weighted by atomic mass is 16.1. The van der Waals surface area contributed by atoms with E-state index in [-0.39, 0.29) is 5.91 Å². The van der Waals surface area contributed by atoms with Crippen LogP contribution in [0.5, 0.6) is 0 Å². The highest BCUT2D eigenvalue weighted by molar-refractivity contribution is 5.98. The fourth-order valence-corrected chi connectivity index (χ4v) is 1.54. The molecule has 0 aromatic carbocycles. The molecule has 2 aromatic heterocycles. The van der Waals surface area contributed by atoms with E-state index in [0.29, 0.717) is 24.3 Å². The first-order valence-corrected chi connectivity index (χ1v) is 5.48. The van der Waals surface area contributed by atoms with Crippen LogP contribution in [0.3, 0.4) is 0 Å². The summed E-state index contributed by atoms with van der Waals surface area (Å²) in [5.41, 5.74) is 6.09. The molecule has 18 heavy (non-hydrogen) atoms. The van der Waals surface area contributed by atoms with Crippen LogP contribution in [0.2, 0.25) is 0 Å². The molecule has 96 valence electrons. The van der Waals surface area contributed by atoms with Crippen LogP contribution in [-0.2, 0) is 20.5 Å². The van der Waals surface area contributed by atoms with Crippen molar-refractivity contribution in [3.05, 3.63) is 23.9 Å². The van der Waals surface area contributed by atoms with Crippen molar-refractivity contribution in [1.82, 2.24) is 29.9 Å². The minimum atomic E-state index is -0.234. The van der Waals surface area contributed by atoms with Crippen LogP contribution >= 0.6 is 0 Å². The summed E-state index contributed by atoms with van der Waals surface area (Å²) in [7, 11) is 3.54. The molecule has 0 bridgehead atoms. The SMILES string of the molecule is Cn1cnnc1CCNC(=O)c1cnn(C)c1N. The minimum absolute atomic E-state index is 0.234. The largest absolute Gasteiger partial charge is 0.383 e. The lowest BCUT2D eigenvalue weighted by molar-refractivity contribution is 0.0954. The third-order valence-electron chi connectivity index (χ3n) is 2.67. The summed E-state index contributed by atoms with van der Waals surface area (Å²) in [6, 6.07) is 0. The second kappa shape index (κ2) is 4.86. The quantitative estimate of drug-likeness (QED) is 0.731. The average molecular weight is 249 g/mol. The summed E-state index contributed by atoms with van der Waals surface area (Å²) < 4.78 is 3.27. The van der Waals surface area contributed by atoms with E-state index in [1.165, 1.54) is 10.9 Å². The van der Waals surface area contributed by atoms with E-state index in [9.17, 15) is 4.79 Å². The number of nitrogens with zero attached hydrogens (tertiary/aromatic N) is 5. The van der Waals surface area contributed by atoms with Gasteiger partial charge >= 0.3 is 0 Å². The van der Waals surface area contributed by atoms with E-state index < -0.39 is 0 Å². The van der Waals surface area contributed by atoms with Crippen molar-refractivity contribution < 1.29 is 4.79 Å². The predicted molar refractivity (Wildman–Crippen MR) is 64.7 cm³/mol. The van der Waals surface area contributed by atoms with Gasteiger partial charge in [-0.05, 0) is 0 Å². The lowest BCUT2D eigenvalue weighted by Gasteiger charge is -2.04. The van der Waals surface area contributed by atoms with Gasteiger partial charge in [-0.2, -0.15) is 5.10 Å². The number of nitrogen functional groups attached to an aromatic ring is 1. The van der Waals surface area contributed by atoms with Crippen LogP contribution in [0.25, 0.3) is 0 Å². The van der Waals surface area contributed by atoms with Gasteiger partial charge in [0.2, 0.25) is 0 Å². The molecule has 2 aromatic rings. The molecule has 0 atom stereocenters. The maximum Gasteiger partial charge on any atom is 0.256 e. The fourth-order valence-electron chi connectivity index (χ4n) is 1.54. The Labute approximate surface area is 104 Å². The minimum Gasteiger partial charge on any atom is -0.383 e. The second-order valence-corrected chi connectivity index (χ2v) is 3.93. The molecular weight excluding hydrogens is 234 g/mol. The number of anilines is 1. The van der Waals surface area contributed by atoms with Gasteiger partial charge in [0.15, 0.2) is 0 Å². The molecule has 0 aliphatic carbocycles. The van der Waals surface area contributed by atoms with Crippen molar-refractivity contribution in [2.45, 2.75) is 6.42 Å². The maximum absolute atomic E-state index is 11.8. The molecule has 8 nitrogen and oxygen atoms in total. The van der Waals surface area contributed by atoms with E-state index in [4.69, 9.17) is 5.73 Å². The molecule has 2 heterocycles. The number of amides is 1. The molecule has 0 aliphatic rings. The Balaban J connectivity index is 1.89. The van der Waals surface area contributed by atoms with Gasteiger partial charge in [0.05, 0.1) is 6.20 Å². The number of hydrogen-bond donors (Lipinski definition) is 2. The Bertz CT molecular complexity index is 556. The number of nitrogens with one attached hydrogen (secondary N) is 1. The van der Waals surface area contributed by atoms with Gasteiger partial charge in [-0.25, -0.2) is 0 Å². The number of hydrogen-bond acceptors (Lipinski definition) is 5. The van der Waals surface area contributed by atoms with Crippen LogP contribution in [0.4, 0.5) is 5.82 Å². The van der Waals surface area contributed by atoms with E-state index in [2.05, 4.69) is 20.6 Å². The van der Waals surface area contributed by atoms with Gasteiger partial charge in [0.1, 0.15) is 23.5 Å². The maximum atomic E-state index is 11.8. The smallest absolute Gasteiger partial charge is 0.256 e. The monoisotopic (exact) mass is 249 g/mol. The standard InChI is InChI=1S/C10H15N7O/c1-16-6-13-15-8(16)3-4-12-10(18)7-5-14-17(2)9(7)11/h5-6H,3-4,11H2,1-2H3,(H,12,18). The molecule has 0 radical (unpaired) electrons. The van der Waals surface area contributed by atoms with Gasteiger partial charge < -0.3 is 15.6 Å². The number of aryl methyl sites for hydroxylation is 2. The van der Waals surface area contributed by atoms with E-state index >= 15 is 0 Å². The zero-order chi connectivity index (χ0) is 13.1. The molecule has 0 saturated carbocycles. The summed E-state index contributed by atoms with van der Waals surface area (Å²) in [6.45, 7) is 0.472. The molecule has 0 fully saturated rings. The number of carbonyl (C=O) groups is 1. The summed E-state index contributed by atoms with van der Waals surface area (Å²) in [5, 5.41) is 14.4. The van der Waals surface area contributed by atoms with Gasteiger partial charge in [-0.3, -0.25) is 9.48 Å². The Morgan fingerprint density at radius 3 is 2.83 bits per heavy atom. The van der Waals surface area contributed by atoms with Gasteiger partial charge in [0.25, 0.3) is 5.91 Å². The zero-order valence-electron chi connectivity index (χ0n) is 10.3. The van der Waals surface area contributed by atoms with E-state index in [1.54, 1.807) is 13.4 Å². The molecule has 0 aliphatic heterocycles. The first-order valence-electron chi connectivity index (χ1n) is 5.48. The second-order valence-electron chi connectivity index (χ2n) is 3.93. The van der Waals surface area contributed by atoms with Crippen molar-refractivity contribution in [3.8, 4) is 0 Å². The normalized spacial score (nSPS) is 10.6. The van der Waals surface area contributed by atoms with Gasteiger partial charge in [0, 0.05) is 27.1 Å². The molecule has 3 N–H and O–H groups in total. The summed E-state index contributed by atoms with van der Waals surface area (Å²) >= 11 is 0. The Kier molecular flexibility index (Phi) is 3.26. The Morgan fingerprint density at radius 1 is 1.50 bits per heavy atom. The number of nitrogens with two attached hydrogens (primary N) is 1. The van der Waals surface area contributed by atoms with Crippen LogP contribution < -0.4 is 11.1 Å². The van der Waals surface area contributed by atoms with E-state index in [1.807, 2.05) is 11.6 Å². The number of rotatable bonds is 4. The molecule has 1 amide bonds. The Morgan fingerprint density at radius 2 is 2.28 bits per heavy atom. The lowest BCUT2D eigenvalue weighted by Crippen LogP contribution is -2.26. The zero-order valence-corrected chi connectivity index (χ0v) is 10.3. The first-order chi connectivity index (χ1) is 8.59. The highest BCUT2D eigenvalue weighted by Crippen LogP contribution is 2.08. The number of aromatic nitrogens is 5. The topological polar surface area (TPSA) is 104 Å². The highest BCUT2D eigenvalue weighted by Gasteiger charge is 2.13. The lowest BCUT2D eigenvalue weighted by atomic mass is 10.3. The third-order valence-corrected chi connectivity index (χ3v) is 2.67. The van der Waals surface area contributed by atoms with Crippen LogP contribution in [0, 0.1) is 0 Å². The number of carbonyl (C=O) groups excluding carboxylic acids is 1. The van der Waals surface area contributed by atoms with Crippen LogP contribution in [0.15, 0.2) is 12.5 Å².